The van der Waals surface area contributed by atoms with Crippen molar-refractivity contribution >= 4 is 39.8 Å². The summed E-state index contributed by atoms with van der Waals surface area (Å²) in [7, 11) is 0. The largest absolute Gasteiger partial charge is 0.462 e. The monoisotopic (exact) mass is 382 g/mol. The van der Waals surface area contributed by atoms with Crippen LogP contribution in [0.1, 0.15) is 27.7 Å². The SMILES string of the molecule is CC(=O)OC[C@@H](OC(C)=O)[C@@H](OC(C)=O)[C@@H](CBr)OC(C)=O. The summed E-state index contributed by atoms with van der Waals surface area (Å²) in [5, 5.41) is 0.127. The number of hydrogen-bond donors (Lipinski definition) is 0. The van der Waals surface area contributed by atoms with E-state index in [9.17, 15) is 19.2 Å². The fourth-order valence-electron chi connectivity index (χ4n) is 1.59. The predicted molar refractivity (Wildman–Crippen MR) is 77.1 cm³/mol. The van der Waals surface area contributed by atoms with Crippen LogP contribution in [-0.4, -0.2) is 54.1 Å². The molecule has 0 rings (SSSR count). The molecular formula is C13H19BrO8. The Morgan fingerprint density at radius 3 is 1.59 bits per heavy atom. The highest BCUT2D eigenvalue weighted by molar-refractivity contribution is 9.09. The van der Waals surface area contributed by atoms with Crippen molar-refractivity contribution in [3.8, 4) is 0 Å². The molecule has 126 valence electrons. The van der Waals surface area contributed by atoms with Crippen LogP contribution < -0.4 is 0 Å². The number of halogens is 1. The number of ether oxygens (including phenoxy) is 4. The van der Waals surface area contributed by atoms with E-state index >= 15 is 0 Å². The van der Waals surface area contributed by atoms with E-state index in [0.717, 1.165) is 13.8 Å². The molecule has 8 nitrogen and oxygen atoms in total. The Bertz CT molecular complexity index is 422. The zero-order valence-electron chi connectivity index (χ0n) is 12.8. The first-order valence-corrected chi connectivity index (χ1v) is 7.50. The molecule has 0 aromatic carbocycles. The van der Waals surface area contributed by atoms with Crippen molar-refractivity contribution in [1.29, 1.82) is 0 Å². The van der Waals surface area contributed by atoms with Crippen molar-refractivity contribution in [3.63, 3.8) is 0 Å². The highest BCUT2D eigenvalue weighted by Crippen LogP contribution is 2.16. The minimum Gasteiger partial charge on any atom is -0.462 e. The number of hydrogen-bond acceptors (Lipinski definition) is 8. The van der Waals surface area contributed by atoms with Gasteiger partial charge in [0.15, 0.2) is 18.3 Å². The van der Waals surface area contributed by atoms with Gasteiger partial charge >= 0.3 is 23.9 Å². The maximum absolute atomic E-state index is 11.3. The van der Waals surface area contributed by atoms with Crippen molar-refractivity contribution in [2.24, 2.45) is 0 Å². The van der Waals surface area contributed by atoms with Crippen LogP contribution >= 0.6 is 15.9 Å². The topological polar surface area (TPSA) is 105 Å². The maximum Gasteiger partial charge on any atom is 0.303 e. The van der Waals surface area contributed by atoms with Crippen LogP contribution in [0.4, 0.5) is 0 Å². The van der Waals surface area contributed by atoms with Crippen molar-refractivity contribution in [2.75, 3.05) is 11.9 Å². The number of esters is 4. The number of rotatable bonds is 8. The van der Waals surface area contributed by atoms with Gasteiger partial charge in [-0.25, -0.2) is 0 Å². The van der Waals surface area contributed by atoms with Gasteiger partial charge < -0.3 is 18.9 Å². The zero-order valence-corrected chi connectivity index (χ0v) is 14.4. The van der Waals surface area contributed by atoms with Gasteiger partial charge in [0, 0.05) is 33.0 Å². The first-order valence-electron chi connectivity index (χ1n) is 6.38. The molecule has 0 aromatic heterocycles. The molecule has 0 heterocycles. The van der Waals surface area contributed by atoms with E-state index < -0.39 is 42.2 Å². The van der Waals surface area contributed by atoms with Gasteiger partial charge in [-0.1, -0.05) is 15.9 Å². The molecule has 0 aliphatic rings. The van der Waals surface area contributed by atoms with E-state index in [1.165, 1.54) is 13.8 Å². The van der Waals surface area contributed by atoms with E-state index in [-0.39, 0.29) is 11.9 Å². The molecule has 9 heteroatoms. The fourth-order valence-corrected chi connectivity index (χ4v) is 2.09. The first-order chi connectivity index (χ1) is 10.2. The maximum atomic E-state index is 11.3. The average molecular weight is 383 g/mol. The molecule has 0 amide bonds. The third-order valence-electron chi connectivity index (χ3n) is 2.27. The van der Waals surface area contributed by atoms with Crippen LogP contribution in [0.5, 0.6) is 0 Å². The molecule has 3 atom stereocenters. The second kappa shape index (κ2) is 10.1. The molecule has 0 radical (unpaired) electrons. The van der Waals surface area contributed by atoms with Gasteiger partial charge in [0.25, 0.3) is 0 Å². The van der Waals surface area contributed by atoms with Crippen LogP contribution in [0, 0.1) is 0 Å². The van der Waals surface area contributed by atoms with Gasteiger partial charge in [-0.3, -0.25) is 19.2 Å². The highest BCUT2D eigenvalue weighted by Gasteiger charge is 2.37. The molecule has 0 aromatic rings. The molecule has 0 saturated heterocycles. The van der Waals surface area contributed by atoms with E-state index in [1.807, 2.05) is 0 Å². The normalized spacial score (nSPS) is 14.2. The zero-order chi connectivity index (χ0) is 17.3. The minimum atomic E-state index is -1.12. The van der Waals surface area contributed by atoms with E-state index in [4.69, 9.17) is 18.9 Å². The molecule has 0 spiro atoms. The minimum absolute atomic E-state index is 0.127. The molecule has 0 N–H and O–H groups in total. The Hall–Kier alpha value is -1.64. The second-order valence-corrected chi connectivity index (χ2v) is 4.97. The van der Waals surface area contributed by atoms with Crippen LogP contribution in [0.15, 0.2) is 0 Å². The summed E-state index contributed by atoms with van der Waals surface area (Å²) < 4.78 is 19.9. The van der Waals surface area contributed by atoms with Gasteiger partial charge in [0.1, 0.15) is 6.61 Å². The number of carbonyl (C=O) groups excluding carboxylic acids is 4. The lowest BCUT2D eigenvalue weighted by Gasteiger charge is -2.30. The molecular weight excluding hydrogens is 364 g/mol. The molecule has 0 aliphatic heterocycles. The summed E-state index contributed by atoms with van der Waals surface area (Å²) in [6.45, 7) is 4.34. The molecule has 0 aliphatic carbocycles. The quantitative estimate of drug-likeness (QED) is 0.343. The van der Waals surface area contributed by atoms with E-state index in [0.29, 0.717) is 0 Å². The lowest BCUT2D eigenvalue weighted by atomic mass is 10.1. The van der Waals surface area contributed by atoms with Gasteiger partial charge in [-0.15, -0.1) is 0 Å². The summed E-state index contributed by atoms with van der Waals surface area (Å²) in [4.78, 5) is 44.5. The molecule has 0 saturated carbocycles. The predicted octanol–water partition coefficient (Wildman–Crippen LogP) is 0.740. The van der Waals surface area contributed by atoms with Gasteiger partial charge in [0.2, 0.25) is 0 Å². The highest BCUT2D eigenvalue weighted by atomic mass is 79.9. The second-order valence-electron chi connectivity index (χ2n) is 4.33. The Balaban J connectivity index is 5.30. The Labute approximate surface area is 136 Å². The van der Waals surface area contributed by atoms with E-state index in [2.05, 4.69) is 15.9 Å². The van der Waals surface area contributed by atoms with Crippen LogP contribution in [0.2, 0.25) is 0 Å². The third kappa shape index (κ3) is 8.60. The molecule has 22 heavy (non-hydrogen) atoms. The molecule has 0 fully saturated rings. The third-order valence-corrected chi connectivity index (χ3v) is 2.91. The average Bonchev–Trinajstić information content (AvgIpc) is 2.37. The molecule has 0 unspecified atom stereocenters. The lowest BCUT2D eigenvalue weighted by Crippen LogP contribution is -2.48. The van der Waals surface area contributed by atoms with Gasteiger partial charge in [-0.2, -0.15) is 0 Å². The Morgan fingerprint density at radius 1 is 0.773 bits per heavy atom. The van der Waals surface area contributed by atoms with Crippen molar-refractivity contribution in [2.45, 2.75) is 46.0 Å². The smallest absolute Gasteiger partial charge is 0.303 e. The summed E-state index contributed by atoms with van der Waals surface area (Å²) in [6.07, 6.45) is -3.14. The lowest BCUT2D eigenvalue weighted by molar-refractivity contribution is -0.187. The number of alkyl halides is 1. The first kappa shape index (κ1) is 20.4. The summed E-state index contributed by atoms with van der Waals surface area (Å²) in [5.74, 6) is -2.52. The van der Waals surface area contributed by atoms with Crippen molar-refractivity contribution in [1.82, 2.24) is 0 Å². The summed E-state index contributed by atoms with van der Waals surface area (Å²) in [6, 6.07) is 0. The van der Waals surface area contributed by atoms with Crippen molar-refractivity contribution < 1.29 is 38.1 Å². The van der Waals surface area contributed by atoms with E-state index in [1.54, 1.807) is 0 Å². The standard InChI is InChI=1S/C13H19BrO8/c1-7(15)19-6-12(21-9(3)17)13(22-10(4)18)11(5-14)20-8(2)16/h11-13H,5-6H2,1-4H3/t11-,12-,13+/m1/s1. The Morgan fingerprint density at radius 2 is 1.23 bits per heavy atom. The van der Waals surface area contributed by atoms with Crippen LogP contribution in [0.3, 0.4) is 0 Å². The summed E-state index contributed by atoms with van der Waals surface area (Å²) >= 11 is 3.13. The van der Waals surface area contributed by atoms with Crippen molar-refractivity contribution in [3.05, 3.63) is 0 Å². The van der Waals surface area contributed by atoms with Gasteiger partial charge in [0.05, 0.1) is 0 Å². The van der Waals surface area contributed by atoms with Crippen LogP contribution in [-0.2, 0) is 38.1 Å². The molecule has 0 bridgehead atoms. The van der Waals surface area contributed by atoms with Crippen LogP contribution in [0.25, 0.3) is 0 Å². The fraction of sp³-hybridized carbons (Fsp3) is 0.692. The Kier molecular flexibility index (Phi) is 9.39. The van der Waals surface area contributed by atoms with Gasteiger partial charge in [-0.05, 0) is 0 Å². The number of carbonyl (C=O) groups is 4. The summed E-state index contributed by atoms with van der Waals surface area (Å²) in [5.41, 5.74) is 0.